The molecule has 136 heavy (non-hydrogen) atoms. The first kappa shape index (κ1) is 78.2. The van der Waals surface area contributed by atoms with Gasteiger partial charge in [0.15, 0.2) is 5.58 Å². The Morgan fingerprint density at radius 2 is 0.493 bits per heavy atom. The number of benzene rings is 20. The van der Waals surface area contributed by atoms with E-state index in [0.29, 0.717) is 23.4 Å². The van der Waals surface area contributed by atoms with Crippen molar-refractivity contribution in [3.8, 4) is 96.1 Å². The Labute approximate surface area is 787 Å². The van der Waals surface area contributed by atoms with Crippen LogP contribution in [0.1, 0.15) is 0 Å². The van der Waals surface area contributed by atoms with Crippen molar-refractivity contribution in [2.24, 2.45) is 0 Å². The lowest BCUT2D eigenvalue weighted by molar-refractivity contribution is 0.667. The number of fused-ring (bicyclic) bond motifs is 22. The number of hydrogen-bond acceptors (Lipinski definition) is 9. The molecule has 0 saturated heterocycles. The zero-order valence-electron chi connectivity index (χ0n) is 73.1. The first-order chi connectivity index (χ1) is 67.4. The molecule has 0 aliphatic rings. The second-order valence-electron chi connectivity index (χ2n) is 34.7. The van der Waals surface area contributed by atoms with E-state index in [4.69, 9.17) is 34.3 Å². The Kier molecular flexibility index (Phi) is 18.5. The minimum absolute atomic E-state index is 0.610. The van der Waals surface area contributed by atoms with Crippen LogP contribution in [0.3, 0.4) is 0 Å². The van der Waals surface area contributed by atoms with Crippen LogP contribution in [-0.4, -0.2) is 43.6 Å². The summed E-state index contributed by atoms with van der Waals surface area (Å²) in [6.45, 7) is 0. The Morgan fingerprint density at radius 1 is 0.184 bits per heavy atom. The zero-order chi connectivity index (χ0) is 89.4. The van der Waals surface area contributed by atoms with Crippen LogP contribution in [-0.2, 0) is 0 Å². The van der Waals surface area contributed by atoms with Crippen molar-refractivity contribution in [2.75, 3.05) is 0 Å². The normalized spacial score (nSPS) is 11.8. The highest BCUT2D eigenvalue weighted by molar-refractivity contribution is 7.26. The van der Waals surface area contributed by atoms with Gasteiger partial charge in [-0.15, -0.1) is 22.7 Å². The van der Waals surface area contributed by atoms with Crippen LogP contribution in [0.25, 0.3) is 267 Å². The lowest BCUT2D eigenvalue weighted by Crippen LogP contribution is -2.02. The fourth-order valence-electron chi connectivity index (χ4n) is 20.3. The average Bonchev–Trinajstić information content (AvgIpc) is 1.57. The molecule has 0 saturated carbocycles. The van der Waals surface area contributed by atoms with Gasteiger partial charge in [-0.25, -0.2) is 29.9 Å². The van der Waals surface area contributed by atoms with Crippen LogP contribution >= 0.6 is 22.7 Å². The third-order valence-corrected chi connectivity index (χ3v) is 29.1. The molecule has 10 nitrogen and oxygen atoms in total. The van der Waals surface area contributed by atoms with Crippen molar-refractivity contribution in [1.82, 2.24) is 43.6 Å². The molecule has 0 amide bonds. The molecule has 29 rings (SSSR count). The van der Waals surface area contributed by atoms with Gasteiger partial charge in [-0.2, -0.15) is 0 Å². The molecule has 634 valence electrons. The molecule has 0 bridgehead atoms. The molecule has 9 heterocycles. The van der Waals surface area contributed by atoms with E-state index in [0.717, 1.165) is 137 Å². The minimum Gasteiger partial charge on any atom is -0.452 e. The fraction of sp³-hybridized carbons (Fsp3) is 0. The van der Waals surface area contributed by atoms with E-state index in [9.17, 15) is 0 Å². The molecule has 0 aliphatic heterocycles. The largest absolute Gasteiger partial charge is 0.452 e. The molecule has 0 spiro atoms. The minimum atomic E-state index is 0.610. The average molecular weight is 1770 g/mol. The molecule has 0 aliphatic carbocycles. The molecular weight excluding hydrogens is 1700 g/mol. The van der Waals surface area contributed by atoms with E-state index in [1.54, 1.807) is 22.7 Å². The molecule has 0 unspecified atom stereocenters. The van der Waals surface area contributed by atoms with Crippen LogP contribution in [0.4, 0.5) is 0 Å². The van der Waals surface area contributed by atoms with Crippen molar-refractivity contribution in [2.45, 2.75) is 0 Å². The van der Waals surface area contributed by atoms with Crippen LogP contribution in [0.15, 0.2) is 459 Å². The summed E-state index contributed by atoms with van der Waals surface area (Å²) in [4.78, 5) is 32.2. The molecule has 29 aromatic rings. The van der Waals surface area contributed by atoms with E-state index < -0.39 is 0 Å². The monoisotopic (exact) mass is 1770 g/mol. The lowest BCUT2D eigenvalue weighted by atomic mass is 9.93. The quantitative estimate of drug-likeness (QED) is 0.134. The standard InChI is InChI=1S/C44H27N3O.C42H25N3S.C38H23N3S/c1-4-14-28(15-5-1)34-26-37-40(27-35(34)29-16-6-2-7-17-29)48-43-41(30-18-8-3-9-19-30)45-44(46-42(37)43)47-38-23-13-12-22-33(38)36-24-31-20-10-11-21-32(31)25-39(36)47;1-2-11-27(12-3-1)39-41-40(35-24-32(20-21-38(35)46-41)31-19-18-26-10-4-5-13-28(26)22-31)44-42(43-39)45-36-17-9-8-16-33(36)34-23-29-14-6-7-15-30(29)25-37(34)45;1-3-11-24(12-4-1)28-19-20-34-31(22-28)36-37(42-34)35(25-13-5-2-6-14-25)39-38(40-36)41-32-18-10-9-17-29(32)30-21-26-15-7-8-16-27(26)23-33(30)41/h1-27H;1-25H;1-23H. The summed E-state index contributed by atoms with van der Waals surface area (Å²) >= 11 is 3.54. The molecule has 0 N–H and O–H groups in total. The van der Waals surface area contributed by atoms with E-state index in [1.165, 1.54) is 107 Å². The smallest absolute Gasteiger partial charge is 0.236 e. The van der Waals surface area contributed by atoms with Crippen molar-refractivity contribution in [3.05, 3.63) is 455 Å². The summed E-state index contributed by atoms with van der Waals surface area (Å²) in [7, 11) is 0. The van der Waals surface area contributed by atoms with Gasteiger partial charge in [0.1, 0.15) is 16.8 Å². The fourth-order valence-corrected chi connectivity index (χ4v) is 22.6. The highest BCUT2D eigenvalue weighted by Crippen LogP contribution is 2.48. The van der Waals surface area contributed by atoms with Crippen LogP contribution < -0.4 is 0 Å². The third kappa shape index (κ3) is 13.2. The summed E-state index contributed by atoms with van der Waals surface area (Å²) in [6, 6.07) is 161. The van der Waals surface area contributed by atoms with Gasteiger partial charge in [0.25, 0.3) is 0 Å². The molecule has 0 radical (unpaired) electrons. The Hall–Kier alpha value is -17.7. The molecule has 0 atom stereocenters. The van der Waals surface area contributed by atoms with Gasteiger partial charge >= 0.3 is 0 Å². The summed E-state index contributed by atoms with van der Waals surface area (Å²) < 4.78 is 18.1. The number of furan rings is 1. The van der Waals surface area contributed by atoms with Crippen LogP contribution in [0.2, 0.25) is 0 Å². The van der Waals surface area contributed by atoms with Crippen LogP contribution in [0, 0.1) is 0 Å². The molecule has 20 aromatic carbocycles. The number of aromatic nitrogens is 9. The summed E-state index contributed by atoms with van der Waals surface area (Å²) in [5, 5.41) is 20.1. The van der Waals surface area contributed by atoms with Gasteiger partial charge in [0, 0.05) is 74.6 Å². The maximum Gasteiger partial charge on any atom is 0.236 e. The topological polar surface area (TPSA) is 105 Å². The van der Waals surface area contributed by atoms with E-state index >= 15 is 0 Å². The molecule has 0 fully saturated rings. The number of thiophene rings is 2. The van der Waals surface area contributed by atoms with E-state index in [-0.39, 0.29) is 0 Å². The second kappa shape index (κ2) is 32.1. The number of nitrogens with zero attached hydrogens (tertiary/aromatic N) is 9. The maximum absolute atomic E-state index is 6.76. The Bertz CT molecular complexity index is 9880. The summed E-state index contributed by atoms with van der Waals surface area (Å²) in [5.74, 6) is 1.98. The maximum atomic E-state index is 6.76. The molecular formula is C124H75N9OS2. The number of hydrogen-bond donors (Lipinski definition) is 0. The van der Waals surface area contributed by atoms with Crippen LogP contribution in [0.5, 0.6) is 0 Å². The predicted molar refractivity (Wildman–Crippen MR) is 570 cm³/mol. The first-order valence-electron chi connectivity index (χ1n) is 45.8. The number of rotatable bonds is 10. The highest BCUT2D eigenvalue weighted by atomic mass is 32.1. The van der Waals surface area contributed by atoms with E-state index in [1.807, 2.05) is 24.3 Å². The molecule has 9 aromatic heterocycles. The van der Waals surface area contributed by atoms with Gasteiger partial charge in [0.05, 0.1) is 64.9 Å². The number of para-hydroxylation sites is 3. The van der Waals surface area contributed by atoms with E-state index in [2.05, 4.69) is 444 Å². The van der Waals surface area contributed by atoms with Crippen molar-refractivity contribution in [3.63, 3.8) is 0 Å². The second-order valence-corrected chi connectivity index (χ2v) is 36.8. The van der Waals surface area contributed by atoms with Gasteiger partial charge in [0.2, 0.25) is 17.8 Å². The summed E-state index contributed by atoms with van der Waals surface area (Å²) in [5.41, 5.74) is 25.9. The first-order valence-corrected chi connectivity index (χ1v) is 47.4. The van der Waals surface area contributed by atoms with Gasteiger partial charge in [-0.3, -0.25) is 13.7 Å². The lowest BCUT2D eigenvalue weighted by Gasteiger charge is -2.11. The van der Waals surface area contributed by atoms with Crippen molar-refractivity contribution >= 4 is 194 Å². The van der Waals surface area contributed by atoms with Gasteiger partial charge < -0.3 is 4.42 Å². The molecule has 12 heteroatoms. The summed E-state index contributed by atoms with van der Waals surface area (Å²) in [6.07, 6.45) is 0. The highest BCUT2D eigenvalue weighted by Gasteiger charge is 2.28. The van der Waals surface area contributed by atoms with Crippen molar-refractivity contribution < 1.29 is 4.42 Å². The third-order valence-electron chi connectivity index (χ3n) is 26.8. The predicted octanol–water partition coefficient (Wildman–Crippen LogP) is 33.6. The van der Waals surface area contributed by atoms with Gasteiger partial charge in [-0.1, -0.05) is 358 Å². The van der Waals surface area contributed by atoms with Crippen molar-refractivity contribution in [1.29, 1.82) is 0 Å². The van der Waals surface area contributed by atoms with Gasteiger partial charge in [-0.05, 0) is 185 Å². The SMILES string of the molecule is c1ccc(-c2cc3oc4c(-c5ccccc5)nc(-n5c6ccccc6c6cc7ccccc7cc65)nc4c3cc2-c2ccccc2)cc1.c1ccc(-c2ccc3sc4c(-c5ccccc5)nc(-n5c6ccccc6c6cc7ccccc7cc65)nc4c3c2)cc1.c1ccc(-c2nc(-n3c4ccccc4c4cc5ccccc5cc43)nc3c2sc2ccc(-c4ccc5ccccc5c4)cc23)cc1. The Balaban J connectivity index is 0.000000104. The Morgan fingerprint density at radius 3 is 0.912 bits per heavy atom. The zero-order valence-corrected chi connectivity index (χ0v) is 74.7.